The zero-order chi connectivity index (χ0) is 22.7. The predicted octanol–water partition coefficient (Wildman–Crippen LogP) is 1.27. The van der Waals surface area contributed by atoms with E-state index in [2.05, 4.69) is 15.6 Å². The highest BCUT2D eigenvalue weighted by Crippen LogP contribution is 2.11. The molecule has 10 nitrogen and oxygen atoms in total. The number of halogens is 1. The van der Waals surface area contributed by atoms with Crippen molar-refractivity contribution in [1.82, 2.24) is 16.1 Å². The Morgan fingerprint density at radius 1 is 1.30 bits per heavy atom. The van der Waals surface area contributed by atoms with Gasteiger partial charge in [-0.15, -0.1) is 0 Å². The maximum atomic E-state index is 14.0. The number of benzene rings is 1. The van der Waals surface area contributed by atoms with Crippen molar-refractivity contribution in [2.24, 2.45) is 16.6 Å². The van der Waals surface area contributed by atoms with Gasteiger partial charge in [0.1, 0.15) is 11.9 Å². The Kier molecular flexibility index (Phi) is 10.2. The van der Waals surface area contributed by atoms with Crippen LogP contribution in [0.4, 0.5) is 4.39 Å². The molecule has 1 atom stereocenters. The van der Waals surface area contributed by atoms with Gasteiger partial charge in [0.05, 0.1) is 5.56 Å². The van der Waals surface area contributed by atoms with Crippen molar-refractivity contribution >= 4 is 17.8 Å². The molecule has 1 rings (SSSR count). The molecule has 0 aliphatic rings. The van der Waals surface area contributed by atoms with Crippen molar-refractivity contribution in [1.29, 1.82) is 0 Å². The van der Waals surface area contributed by atoms with Crippen LogP contribution in [0.25, 0.3) is 0 Å². The number of guanidine groups is 1. The summed E-state index contributed by atoms with van der Waals surface area (Å²) in [5, 5.41) is 14.8. The van der Waals surface area contributed by atoms with Crippen molar-refractivity contribution in [3.8, 4) is 0 Å². The number of rotatable bonds is 11. The third-order valence-electron chi connectivity index (χ3n) is 4.15. The number of aliphatic imine (C=N–C) groups is 1. The van der Waals surface area contributed by atoms with Crippen LogP contribution in [-0.4, -0.2) is 41.9 Å². The van der Waals surface area contributed by atoms with Gasteiger partial charge in [-0.2, -0.15) is 0 Å². The average molecular weight is 424 g/mol. The van der Waals surface area contributed by atoms with Crippen LogP contribution in [0, 0.1) is 28.8 Å². The van der Waals surface area contributed by atoms with Gasteiger partial charge in [0.2, 0.25) is 5.91 Å². The zero-order valence-electron chi connectivity index (χ0n) is 17.4. The highest BCUT2D eigenvalue weighted by molar-refractivity contribution is 5.97. The van der Waals surface area contributed by atoms with Crippen LogP contribution in [0.2, 0.25) is 0 Å². The summed E-state index contributed by atoms with van der Waals surface area (Å²) < 4.78 is 14.0. The summed E-state index contributed by atoms with van der Waals surface area (Å²) >= 11 is 0. The molecule has 0 unspecified atom stereocenters. The van der Waals surface area contributed by atoms with Crippen molar-refractivity contribution < 1.29 is 19.0 Å². The Labute approximate surface area is 174 Å². The number of hydrazine groups is 1. The fraction of sp³-hybridized carbons (Fsp3) is 0.526. The SMILES string of the molecule is Cc1ccc(F)c(C(=O)N[C@@H](CCCN=C(N)N[N+](=O)[O-])C(=O)NCCC(C)C)c1. The van der Waals surface area contributed by atoms with E-state index in [1.54, 1.807) is 18.4 Å². The Bertz CT molecular complexity index is 784. The topological polar surface area (TPSA) is 152 Å². The molecule has 0 aliphatic carbocycles. The summed E-state index contributed by atoms with van der Waals surface area (Å²) in [7, 11) is 0. The Balaban J connectivity index is 2.78. The van der Waals surface area contributed by atoms with E-state index in [0.717, 1.165) is 6.42 Å². The number of nitrogens with two attached hydrogens (primary N) is 1. The second-order valence-electron chi connectivity index (χ2n) is 7.26. The quantitative estimate of drug-likeness (QED) is 0.138. The van der Waals surface area contributed by atoms with Gasteiger partial charge in [0.25, 0.3) is 11.9 Å². The molecular formula is C19H29FN6O4. The summed E-state index contributed by atoms with van der Waals surface area (Å²) in [5.41, 5.74) is 7.62. The van der Waals surface area contributed by atoms with E-state index in [1.165, 1.54) is 12.1 Å². The predicted molar refractivity (Wildman–Crippen MR) is 111 cm³/mol. The fourth-order valence-electron chi connectivity index (χ4n) is 2.55. The van der Waals surface area contributed by atoms with E-state index < -0.39 is 28.7 Å². The van der Waals surface area contributed by atoms with Crippen molar-refractivity contribution in [3.63, 3.8) is 0 Å². The Hall–Kier alpha value is -3.24. The molecule has 0 bridgehead atoms. The lowest BCUT2D eigenvalue weighted by atomic mass is 10.1. The molecule has 0 spiro atoms. The molecule has 30 heavy (non-hydrogen) atoms. The Morgan fingerprint density at radius 2 is 2.00 bits per heavy atom. The Morgan fingerprint density at radius 3 is 2.63 bits per heavy atom. The van der Waals surface area contributed by atoms with Gasteiger partial charge in [-0.05, 0) is 44.2 Å². The van der Waals surface area contributed by atoms with Crippen LogP contribution in [0.1, 0.15) is 49.0 Å². The maximum absolute atomic E-state index is 14.0. The van der Waals surface area contributed by atoms with Gasteiger partial charge in [0, 0.05) is 13.1 Å². The normalized spacial score (nSPS) is 12.4. The van der Waals surface area contributed by atoms with E-state index in [9.17, 15) is 24.1 Å². The van der Waals surface area contributed by atoms with Gasteiger partial charge in [-0.3, -0.25) is 9.59 Å². The minimum absolute atomic E-state index is 0.108. The lowest BCUT2D eigenvalue weighted by Crippen LogP contribution is -2.47. The molecular weight excluding hydrogens is 395 g/mol. The zero-order valence-corrected chi connectivity index (χ0v) is 17.4. The fourth-order valence-corrected chi connectivity index (χ4v) is 2.55. The highest BCUT2D eigenvalue weighted by atomic mass is 19.1. The summed E-state index contributed by atoms with van der Waals surface area (Å²) in [4.78, 5) is 39.1. The third kappa shape index (κ3) is 9.30. The summed E-state index contributed by atoms with van der Waals surface area (Å²) in [5.74, 6) is -1.73. The van der Waals surface area contributed by atoms with Crippen LogP contribution < -0.4 is 21.8 Å². The minimum atomic E-state index is -0.913. The molecule has 0 saturated heterocycles. The van der Waals surface area contributed by atoms with Crippen LogP contribution in [0.5, 0.6) is 0 Å². The number of hydrogen-bond acceptors (Lipinski definition) is 5. The average Bonchev–Trinajstić information content (AvgIpc) is 2.64. The summed E-state index contributed by atoms with van der Waals surface area (Å²) in [6, 6.07) is 3.24. The number of amides is 2. The minimum Gasteiger partial charge on any atom is -0.365 e. The number of aryl methyl sites for hydroxylation is 1. The van der Waals surface area contributed by atoms with Gasteiger partial charge in [-0.25, -0.2) is 19.5 Å². The van der Waals surface area contributed by atoms with Gasteiger partial charge in [-0.1, -0.05) is 30.9 Å². The molecule has 0 heterocycles. The second-order valence-corrected chi connectivity index (χ2v) is 7.26. The number of carbonyl (C=O) groups is 2. The highest BCUT2D eigenvalue weighted by Gasteiger charge is 2.22. The van der Waals surface area contributed by atoms with Crippen LogP contribution in [0.3, 0.4) is 0 Å². The van der Waals surface area contributed by atoms with E-state index in [4.69, 9.17) is 5.73 Å². The summed E-state index contributed by atoms with van der Waals surface area (Å²) in [6.07, 6.45) is 1.28. The standard InChI is InChI=1S/C19H29FN6O4/c1-12(2)8-10-22-18(28)16(5-4-9-23-19(21)25-26(29)30)24-17(27)14-11-13(3)6-7-15(14)20/h6-7,11-12,16H,4-5,8-10H2,1-3H3,(H,22,28)(H,24,27)(H3,21,23,25)/t16-/m0/s1. The molecule has 5 N–H and O–H groups in total. The molecule has 1 aromatic rings. The van der Waals surface area contributed by atoms with Crippen molar-refractivity contribution in [2.45, 2.75) is 46.1 Å². The van der Waals surface area contributed by atoms with Crippen molar-refractivity contribution in [3.05, 3.63) is 45.3 Å². The molecule has 1 aromatic carbocycles. The van der Waals surface area contributed by atoms with Gasteiger partial charge >= 0.3 is 0 Å². The van der Waals surface area contributed by atoms with Crippen LogP contribution in [0.15, 0.2) is 23.2 Å². The van der Waals surface area contributed by atoms with E-state index in [0.29, 0.717) is 24.4 Å². The van der Waals surface area contributed by atoms with Crippen molar-refractivity contribution in [2.75, 3.05) is 13.1 Å². The van der Waals surface area contributed by atoms with Crippen LogP contribution in [-0.2, 0) is 4.79 Å². The molecule has 0 radical (unpaired) electrons. The van der Waals surface area contributed by atoms with E-state index in [-0.39, 0.29) is 24.5 Å². The molecule has 0 saturated carbocycles. The first-order valence-electron chi connectivity index (χ1n) is 9.65. The van der Waals surface area contributed by atoms with E-state index >= 15 is 0 Å². The van der Waals surface area contributed by atoms with Crippen LogP contribution >= 0.6 is 0 Å². The lowest BCUT2D eigenvalue weighted by molar-refractivity contribution is -0.525. The number of nitro groups is 1. The number of hydrogen-bond donors (Lipinski definition) is 4. The smallest absolute Gasteiger partial charge is 0.254 e. The van der Waals surface area contributed by atoms with Gasteiger partial charge < -0.3 is 16.4 Å². The molecule has 2 amide bonds. The molecule has 166 valence electrons. The number of nitrogens with one attached hydrogen (secondary N) is 3. The first-order chi connectivity index (χ1) is 14.1. The monoisotopic (exact) mass is 424 g/mol. The molecule has 0 aliphatic heterocycles. The maximum Gasteiger partial charge on any atom is 0.254 e. The first kappa shape index (κ1) is 24.8. The van der Waals surface area contributed by atoms with E-state index in [1.807, 2.05) is 13.8 Å². The lowest BCUT2D eigenvalue weighted by Gasteiger charge is -2.19. The summed E-state index contributed by atoms with van der Waals surface area (Å²) in [6.45, 7) is 6.32. The third-order valence-corrected chi connectivity index (χ3v) is 4.15. The number of carbonyl (C=O) groups excluding carboxylic acids is 2. The van der Waals surface area contributed by atoms with Gasteiger partial charge in [0.15, 0.2) is 5.03 Å². The molecule has 0 fully saturated rings. The molecule has 0 aromatic heterocycles. The second kappa shape index (κ2) is 12.3. The largest absolute Gasteiger partial charge is 0.365 e. The number of nitrogens with zero attached hydrogens (tertiary/aromatic N) is 2. The first-order valence-corrected chi connectivity index (χ1v) is 9.65. The molecule has 11 heteroatoms.